The van der Waals surface area contributed by atoms with Gasteiger partial charge in [0.2, 0.25) is 5.91 Å². The molecule has 1 aromatic rings. The van der Waals surface area contributed by atoms with Gasteiger partial charge in [-0.2, -0.15) is 5.10 Å². The minimum atomic E-state index is -0.238. The van der Waals surface area contributed by atoms with E-state index in [4.69, 9.17) is 0 Å². The summed E-state index contributed by atoms with van der Waals surface area (Å²) >= 11 is 0. The summed E-state index contributed by atoms with van der Waals surface area (Å²) in [6.07, 6.45) is 10.6. The Morgan fingerprint density at radius 1 is 1.26 bits per heavy atom. The van der Waals surface area contributed by atoms with E-state index in [2.05, 4.69) is 37.3 Å². The van der Waals surface area contributed by atoms with Crippen LogP contribution in [0.5, 0.6) is 0 Å². The lowest BCUT2D eigenvalue weighted by molar-refractivity contribution is -0.140. The first kappa shape index (κ1) is 16.5. The predicted octanol–water partition coefficient (Wildman–Crippen LogP) is 0.593. The van der Waals surface area contributed by atoms with Gasteiger partial charge in [-0.1, -0.05) is 0 Å². The third-order valence-electron chi connectivity index (χ3n) is 8.46. The van der Waals surface area contributed by atoms with Gasteiger partial charge in [0.05, 0.1) is 11.0 Å². The quantitative estimate of drug-likeness (QED) is 0.815. The molecule has 1 aromatic heterocycles. The summed E-state index contributed by atoms with van der Waals surface area (Å²) in [7, 11) is 2.15. The van der Waals surface area contributed by atoms with Gasteiger partial charge in [-0.05, 0) is 57.4 Å². The molecular weight excluding hydrogens is 340 g/mol. The average molecular weight is 371 g/mol. The number of nitrogens with zero attached hydrogens (tertiary/aromatic N) is 4. The maximum Gasteiger partial charge on any atom is 0.229 e. The molecule has 146 valence electrons. The Morgan fingerprint density at radius 3 is 2.81 bits per heavy atom. The molecule has 0 unspecified atom stereocenters. The van der Waals surface area contributed by atoms with Crippen molar-refractivity contribution in [2.24, 2.45) is 23.2 Å². The summed E-state index contributed by atoms with van der Waals surface area (Å²) in [6.45, 7) is 3.71. The molecule has 0 aromatic carbocycles. The Labute approximate surface area is 160 Å². The molecule has 1 amide bonds. The van der Waals surface area contributed by atoms with Crippen molar-refractivity contribution in [3.05, 3.63) is 12.7 Å². The van der Waals surface area contributed by atoms with Gasteiger partial charge in [0.25, 0.3) is 0 Å². The summed E-state index contributed by atoms with van der Waals surface area (Å²) in [5, 5.41) is 11.7. The van der Waals surface area contributed by atoms with E-state index in [1.807, 2.05) is 6.33 Å². The van der Waals surface area contributed by atoms with Gasteiger partial charge < -0.3 is 15.5 Å². The van der Waals surface area contributed by atoms with Crippen molar-refractivity contribution in [1.29, 1.82) is 0 Å². The summed E-state index contributed by atoms with van der Waals surface area (Å²) in [5.41, 5.74) is -0.222. The van der Waals surface area contributed by atoms with Crippen molar-refractivity contribution >= 4 is 5.91 Å². The molecule has 7 rings (SSSR count). The molecule has 4 bridgehead atoms. The summed E-state index contributed by atoms with van der Waals surface area (Å²) in [6, 6.07) is 0. The second kappa shape index (κ2) is 5.32. The van der Waals surface area contributed by atoms with Crippen LogP contribution < -0.4 is 10.6 Å². The van der Waals surface area contributed by atoms with Gasteiger partial charge >= 0.3 is 0 Å². The number of rotatable bonds is 3. The lowest BCUT2D eigenvalue weighted by atomic mass is 9.49. The largest absolute Gasteiger partial charge is 0.350 e. The van der Waals surface area contributed by atoms with Crippen LogP contribution in [0.4, 0.5) is 0 Å². The molecule has 2 N–H and O–H groups in total. The Hall–Kier alpha value is -1.47. The SMILES string of the molecule is CN1C[C@H]2CNC[C@@]2(C(=O)NC23C[C@@H]4C[C@@H](C2)CC(n2cncn2)(C4)C3)C1. The van der Waals surface area contributed by atoms with Crippen LogP contribution in [0.25, 0.3) is 0 Å². The first-order valence-electron chi connectivity index (χ1n) is 10.6. The number of amides is 1. The van der Waals surface area contributed by atoms with Crippen molar-refractivity contribution in [2.75, 3.05) is 33.2 Å². The lowest BCUT2D eigenvalue weighted by Crippen LogP contribution is -2.67. The molecule has 27 heavy (non-hydrogen) atoms. The highest BCUT2D eigenvalue weighted by Gasteiger charge is 2.61. The number of hydrogen-bond acceptors (Lipinski definition) is 5. The van der Waals surface area contributed by atoms with Crippen molar-refractivity contribution in [3.63, 3.8) is 0 Å². The third kappa shape index (κ3) is 2.24. The molecule has 4 atom stereocenters. The number of fused-ring (bicyclic) bond motifs is 1. The monoisotopic (exact) mass is 370 g/mol. The van der Waals surface area contributed by atoms with E-state index >= 15 is 0 Å². The van der Waals surface area contributed by atoms with Gasteiger partial charge in [-0.25, -0.2) is 9.67 Å². The first-order valence-corrected chi connectivity index (χ1v) is 10.6. The van der Waals surface area contributed by atoms with E-state index in [9.17, 15) is 4.79 Å². The fourth-order valence-electron chi connectivity index (χ4n) is 7.94. The van der Waals surface area contributed by atoms with Crippen LogP contribution in [-0.4, -0.2) is 64.3 Å². The molecule has 6 aliphatic rings. The van der Waals surface area contributed by atoms with Gasteiger partial charge in [0.1, 0.15) is 12.7 Å². The summed E-state index contributed by atoms with van der Waals surface area (Å²) < 4.78 is 2.12. The van der Waals surface area contributed by atoms with Crippen LogP contribution in [0.3, 0.4) is 0 Å². The van der Waals surface area contributed by atoms with Gasteiger partial charge in [0.15, 0.2) is 0 Å². The number of likely N-dealkylation sites (tertiary alicyclic amines) is 1. The molecule has 3 heterocycles. The molecule has 2 saturated heterocycles. The van der Waals surface area contributed by atoms with Crippen molar-refractivity contribution in [1.82, 2.24) is 30.3 Å². The third-order valence-corrected chi connectivity index (χ3v) is 8.46. The highest BCUT2D eigenvalue weighted by Crippen LogP contribution is 2.60. The molecule has 4 aliphatic carbocycles. The second-order valence-electron chi connectivity index (χ2n) is 10.4. The zero-order valence-corrected chi connectivity index (χ0v) is 16.2. The van der Waals surface area contributed by atoms with Gasteiger partial charge in [0, 0.05) is 37.6 Å². The Kier molecular flexibility index (Phi) is 3.25. The van der Waals surface area contributed by atoms with Crippen LogP contribution in [0, 0.1) is 23.2 Å². The number of aromatic nitrogens is 3. The van der Waals surface area contributed by atoms with E-state index in [0.717, 1.165) is 45.4 Å². The topological polar surface area (TPSA) is 75.1 Å². The minimum Gasteiger partial charge on any atom is -0.350 e. The molecular formula is C20H30N6O. The standard InChI is InChI=1S/C20H30N6O/c1-25-8-16-7-21-10-20(16,11-25)17(27)24-18-3-14-2-15(4-18)6-19(5-14,9-18)26-13-22-12-23-26/h12-16,21H,2-11H2,1H3,(H,24,27)/t14-,15-,16+,18?,19?,20+/m0/s1. The molecule has 0 spiro atoms. The maximum absolute atomic E-state index is 13.7. The Balaban J connectivity index is 1.31. The number of hydrogen-bond donors (Lipinski definition) is 2. The average Bonchev–Trinajstić information content (AvgIpc) is 3.28. The van der Waals surface area contributed by atoms with E-state index in [-0.39, 0.29) is 16.5 Å². The van der Waals surface area contributed by atoms with Crippen molar-refractivity contribution in [3.8, 4) is 0 Å². The maximum atomic E-state index is 13.7. The smallest absolute Gasteiger partial charge is 0.229 e. The molecule has 7 heteroatoms. The first-order chi connectivity index (χ1) is 13.0. The van der Waals surface area contributed by atoms with Gasteiger partial charge in [-0.3, -0.25) is 4.79 Å². The highest BCUT2D eigenvalue weighted by atomic mass is 16.2. The van der Waals surface area contributed by atoms with Crippen molar-refractivity contribution in [2.45, 2.75) is 49.6 Å². The Bertz CT molecular complexity index is 749. The zero-order chi connectivity index (χ0) is 18.3. The fourth-order valence-corrected chi connectivity index (χ4v) is 7.94. The highest BCUT2D eigenvalue weighted by molar-refractivity contribution is 5.85. The normalized spacial score (nSPS) is 48.1. The van der Waals surface area contributed by atoms with Gasteiger partial charge in [-0.15, -0.1) is 0 Å². The van der Waals surface area contributed by atoms with E-state index in [1.165, 1.54) is 19.3 Å². The number of carbonyl (C=O) groups excluding carboxylic acids is 1. The zero-order valence-electron chi connectivity index (χ0n) is 16.2. The predicted molar refractivity (Wildman–Crippen MR) is 99.8 cm³/mol. The molecule has 4 saturated carbocycles. The van der Waals surface area contributed by atoms with Crippen LogP contribution >= 0.6 is 0 Å². The fraction of sp³-hybridized carbons (Fsp3) is 0.850. The Morgan fingerprint density at radius 2 is 2.07 bits per heavy atom. The summed E-state index contributed by atoms with van der Waals surface area (Å²) in [4.78, 5) is 20.2. The lowest BCUT2D eigenvalue weighted by Gasteiger charge is -2.62. The van der Waals surface area contributed by atoms with Crippen LogP contribution in [0.1, 0.15) is 38.5 Å². The van der Waals surface area contributed by atoms with E-state index in [0.29, 0.717) is 23.7 Å². The van der Waals surface area contributed by atoms with Crippen LogP contribution in [-0.2, 0) is 10.3 Å². The second-order valence-corrected chi connectivity index (χ2v) is 10.4. The number of nitrogens with one attached hydrogen (secondary N) is 2. The number of carbonyl (C=O) groups is 1. The molecule has 2 aliphatic heterocycles. The molecule has 0 radical (unpaired) electrons. The van der Waals surface area contributed by atoms with Crippen LogP contribution in [0.2, 0.25) is 0 Å². The molecule has 6 fully saturated rings. The minimum absolute atomic E-state index is 0.0455. The van der Waals surface area contributed by atoms with E-state index < -0.39 is 0 Å². The van der Waals surface area contributed by atoms with Crippen molar-refractivity contribution < 1.29 is 4.79 Å². The van der Waals surface area contributed by atoms with Crippen LogP contribution in [0.15, 0.2) is 12.7 Å². The summed E-state index contributed by atoms with van der Waals surface area (Å²) in [5.74, 6) is 2.16. The van der Waals surface area contributed by atoms with E-state index in [1.54, 1.807) is 6.33 Å². The molecule has 7 nitrogen and oxygen atoms in total.